The van der Waals surface area contributed by atoms with Crippen molar-refractivity contribution >= 4 is 17.9 Å². The van der Waals surface area contributed by atoms with Gasteiger partial charge in [0.05, 0.1) is 34.1 Å². The van der Waals surface area contributed by atoms with Gasteiger partial charge in [-0.2, -0.15) is 0 Å². The molecule has 0 heterocycles. The first-order chi connectivity index (χ1) is 25.7. The summed E-state index contributed by atoms with van der Waals surface area (Å²) in [5, 5.41) is 0. The third-order valence-electron chi connectivity index (χ3n) is 9.65. The lowest BCUT2D eigenvalue weighted by atomic mass is 10.1. The van der Waals surface area contributed by atoms with Gasteiger partial charge in [-0.05, 0) is 64.2 Å². The van der Waals surface area contributed by atoms with Gasteiger partial charge < -0.3 is 18.7 Å². The molecule has 0 N–H and O–H groups in total. The first kappa shape index (κ1) is 50.9. The molecule has 0 aromatic carbocycles. The van der Waals surface area contributed by atoms with Gasteiger partial charge in [0.1, 0.15) is 13.2 Å². The van der Waals surface area contributed by atoms with Gasteiger partial charge in [-0.1, -0.05) is 141 Å². The van der Waals surface area contributed by atoms with Gasteiger partial charge in [0.25, 0.3) is 0 Å². The second-order valence-corrected chi connectivity index (χ2v) is 16.3. The van der Waals surface area contributed by atoms with Crippen LogP contribution in [-0.4, -0.2) is 69.4 Å². The van der Waals surface area contributed by atoms with Crippen LogP contribution in [0.5, 0.6) is 0 Å². The third-order valence-corrected chi connectivity index (χ3v) is 9.65. The third kappa shape index (κ3) is 40.9. The minimum absolute atomic E-state index is 0.0891. The molecule has 0 rings (SSSR count). The van der Waals surface area contributed by atoms with Gasteiger partial charge in [0.2, 0.25) is 0 Å². The van der Waals surface area contributed by atoms with Crippen molar-refractivity contribution in [2.75, 3.05) is 40.9 Å². The van der Waals surface area contributed by atoms with Gasteiger partial charge in [0.15, 0.2) is 6.10 Å². The molecule has 0 saturated carbocycles. The molecule has 53 heavy (non-hydrogen) atoms. The molecular formula is C46H86NO6+. The van der Waals surface area contributed by atoms with Gasteiger partial charge in [-0.3, -0.25) is 14.4 Å². The van der Waals surface area contributed by atoms with Crippen molar-refractivity contribution in [2.24, 2.45) is 0 Å². The fourth-order valence-corrected chi connectivity index (χ4v) is 6.25. The molecule has 0 aromatic rings. The molecule has 1 unspecified atom stereocenters. The highest BCUT2D eigenvalue weighted by Gasteiger charge is 2.20. The maximum atomic E-state index is 12.7. The van der Waals surface area contributed by atoms with Crippen LogP contribution in [0, 0.1) is 0 Å². The summed E-state index contributed by atoms with van der Waals surface area (Å²) in [5.74, 6) is -0.950. The average Bonchev–Trinajstić information content (AvgIpc) is 3.12. The van der Waals surface area contributed by atoms with E-state index in [0.717, 1.165) is 68.8 Å². The Kier molecular flexibility index (Phi) is 36.6. The highest BCUT2D eigenvalue weighted by atomic mass is 16.6. The van der Waals surface area contributed by atoms with E-state index in [0.29, 0.717) is 25.7 Å². The maximum absolute atomic E-state index is 12.7. The molecule has 0 aliphatic rings. The second kappa shape index (κ2) is 38.1. The molecule has 310 valence electrons. The Labute approximate surface area is 328 Å². The Morgan fingerprint density at radius 2 is 0.755 bits per heavy atom. The average molecular weight is 749 g/mol. The molecule has 0 saturated heterocycles. The quantitative estimate of drug-likeness (QED) is 0.0205. The van der Waals surface area contributed by atoms with Crippen LogP contribution in [0.25, 0.3) is 0 Å². The molecule has 0 aromatic heterocycles. The second-order valence-electron chi connectivity index (χ2n) is 16.3. The van der Waals surface area contributed by atoms with Gasteiger partial charge in [-0.25, -0.2) is 0 Å². The molecule has 0 bridgehead atoms. The van der Waals surface area contributed by atoms with Crippen LogP contribution in [0.3, 0.4) is 0 Å². The Hall–Kier alpha value is -2.15. The fraction of sp³-hybridized carbons (Fsp3) is 0.848. The molecular weight excluding hydrogens is 663 g/mol. The van der Waals surface area contributed by atoms with Gasteiger partial charge >= 0.3 is 17.9 Å². The SMILES string of the molecule is CCCCCCCCC=CCCCCCCCC(=O)OCC(COC(=O)CCC[N+](C)(C)C)OC(=O)CCCCCCCC=CCCCCCCCC. The van der Waals surface area contributed by atoms with Crippen molar-refractivity contribution in [1.29, 1.82) is 0 Å². The van der Waals surface area contributed by atoms with E-state index in [2.05, 4.69) is 59.3 Å². The zero-order valence-corrected chi connectivity index (χ0v) is 35.6. The van der Waals surface area contributed by atoms with E-state index < -0.39 is 6.10 Å². The van der Waals surface area contributed by atoms with E-state index in [-0.39, 0.29) is 31.1 Å². The van der Waals surface area contributed by atoms with Crippen LogP contribution < -0.4 is 0 Å². The maximum Gasteiger partial charge on any atom is 0.306 e. The van der Waals surface area contributed by atoms with Crippen LogP contribution in [0.4, 0.5) is 0 Å². The number of unbranched alkanes of at least 4 members (excludes halogenated alkanes) is 22. The molecule has 0 aliphatic heterocycles. The van der Waals surface area contributed by atoms with E-state index in [1.807, 2.05) is 0 Å². The van der Waals surface area contributed by atoms with Gasteiger partial charge in [0, 0.05) is 19.3 Å². The van der Waals surface area contributed by atoms with Crippen molar-refractivity contribution in [3.63, 3.8) is 0 Å². The van der Waals surface area contributed by atoms with E-state index in [4.69, 9.17) is 14.2 Å². The van der Waals surface area contributed by atoms with E-state index in [9.17, 15) is 14.4 Å². The van der Waals surface area contributed by atoms with Crippen LogP contribution in [-0.2, 0) is 28.6 Å². The number of carbonyl (C=O) groups is 3. The fourth-order valence-electron chi connectivity index (χ4n) is 6.25. The number of hydrogen-bond donors (Lipinski definition) is 0. The summed E-state index contributed by atoms with van der Waals surface area (Å²) in [5.41, 5.74) is 0. The Bertz CT molecular complexity index is 908. The lowest BCUT2D eigenvalue weighted by Crippen LogP contribution is -2.35. The summed E-state index contributed by atoms with van der Waals surface area (Å²) in [6, 6.07) is 0. The standard InChI is InChI=1S/C46H86NO6/c1-6-8-10-12-14-16-18-20-22-24-26-28-30-32-34-37-44(48)51-41-43(42-52-45(49)39-36-40-47(3,4)5)53-46(50)38-35-33-31-29-27-25-23-21-19-17-15-13-11-9-7-2/h20-23,43H,6-19,24-42H2,1-5H3/q+1. The number of rotatable bonds is 39. The molecule has 1 atom stereocenters. The molecule has 7 heteroatoms. The zero-order valence-electron chi connectivity index (χ0n) is 35.6. The highest BCUT2D eigenvalue weighted by molar-refractivity contribution is 5.71. The summed E-state index contributed by atoms with van der Waals surface area (Å²) in [6.45, 7) is 5.19. The normalized spacial score (nSPS) is 12.5. The van der Waals surface area contributed by atoms with Crippen molar-refractivity contribution < 1.29 is 33.1 Å². The van der Waals surface area contributed by atoms with Crippen LogP contribution in [0.2, 0.25) is 0 Å². The first-order valence-corrected chi connectivity index (χ1v) is 22.3. The summed E-state index contributed by atoms with van der Waals surface area (Å²) in [4.78, 5) is 37.5. The smallest absolute Gasteiger partial charge is 0.306 e. The van der Waals surface area contributed by atoms with Crippen LogP contribution in [0.1, 0.15) is 206 Å². The van der Waals surface area contributed by atoms with Crippen molar-refractivity contribution in [3.05, 3.63) is 24.3 Å². The van der Waals surface area contributed by atoms with E-state index in [1.54, 1.807) is 0 Å². The molecule has 0 aliphatic carbocycles. The van der Waals surface area contributed by atoms with Crippen LogP contribution >= 0.6 is 0 Å². The highest BCUT2D eigenvalue weighted by Crippen LogP contribution is 2.13. The molecule has 7 nitrogen and oxygen atoms in total. The number of allylic oxidation sites excluding steroid dienone is 4. The van der Waals surface area contributed by atoms with Crippen LogP contribution in [0.15, 0.2) is 24.3 Å². The molecule has 0 fully saturated rings. The Balaban J connectivity index is 4.27. The Morgan fingerprint density at radius 3 is 1.13 bits per heavy atom. The predicted molar refractivity (Wildman–Crippen MR) is 223 cm³/mol. The number of nitrogens with zero attached hydrogens (tertiary/aromatic N) is 1. The zero-order chi connectivity index (χ0) is 39.1. The van der Waals surface area contributed by atoms with Gasteiger partial charge in [-0.15, -0.1) is 0 Å². The lowest BCUT2D eigenvalue weighted by molar-refractivity contribution is -0.870. The predicted octanol–water partition coefficient (Wildman–Crippen LogP) is 12.5. The number of quaternary nitrogens is 1. The summed E-state index contributed by atoms with van der Waals surface area (Å²) in [6.07, 6.45) is 41.5. The lowest BCUT2D eigenvalue weighted by Gasteiger charge is -2.23. The van der Waals surface area contributed by atoms with E-state index in [1.165, 1.54) is 109 Å². The number of esters is 3. The molecule has 0 amide bonds. The number of ether oxygens (including phenoxy) is 3. The topological polar surface area (TPSA) is 78.9 Å². The largest absolute Gasteiger partial charge is 0.462 e. The van der Waals surface area contributed by atoms with Crippen molar-refractivity contribution in [3.8, 4) is 0 Å². The Morgan fingerprint density at radius 1 is 0.434 bits per heavy atom. The van der Waals surface area contributed by atoms with Crippen molar-refractivity contribution in [1.82, 2.24) is 0 Å². The minimum Gasteiger partial charge on any atom is -0.462 e. The first-order valence-electron chi connectivity index (χ1n) is 22.3. The number of hydrogen-bond acceptors (Lipinski definition) is 6. The monoisotopic (exact) mass is 749 g/mol. The number of carbonyl (C=O) groups excluding carboxylic acids is 3. The summed E-state index contributed by atoms with van der Waals surface area (Å²) in [7, 11) is 6.26. The van der Waals surface area contributed by atoms with E-state index >= 15 is 0 Å². The summed E-state index contributed by atoms with van der Waals surface area (Å²) >= 11 is 0. The van der Waals surface area contributed by atoms with Crippen molar-refractivity contribution in [2.45, 2.75) is 213 Å². The summed E-state index contributed by atoms with van der Waals surface area (Å²) < 4.78 is 17.4. The molecule has 0 spiro atoms. The molecule has 0 radical (unpaired) electrons. The minimum atomic E-state index is -0.786.